The van der Waals surface area contributed by atoms with Crippen molar-refractivity contribution < 1.29 is 19.0 Å². The summed E-state index contributed by atoms with van der Waals surface area (Å²) in [4.78, 5) is 11.1. The van der Waals surface area contributed by atoms with Crippen LogP contribution in [0.5, 0.6) is 17.2 Å². The lowest BCUT2D eigenvalue weighted by Crippen LogP contribution is -2.12. The first-order valence-electron chi connectivity index (χ1n) is 6.95. The van der Waals surface area contributed by atoms with Gasteiger partial charge in [0.2, 0.25) is 5.91 Å². The van der Waals surface area contributed by atoms with Crippen LogP contribution in [0.4, 0.5) is 5.69 Å². The van der Waals surface area contributed by atoms with Gasteiger partial charge in [0.25, 0.3) is 0 Å². The second kappa shape index (κ2) is 7.93. The Labute approximate surface area is 129 Å². The van der Waals surface area contributed by atoms with Crippen LogP contribution in [0.15, 0.2) is 48.5 Å². The molecule has 0 aliphatic heterocycles. The molecule has 0 spiro atoms. The van der Waals surface area contributed by atoms with Gasteiger partial charge < -0.3 is 19.5 Å². The zero-order valence-electron chi connectivity index (χ0n) is 12.7. The molecule has 0 unspecified atom stereocenters. The first-order valence-corrected chi connectivity index (χ1v) is 6.95. The van der Waals surface area contributed by atoms with Crippen molar-refractivity contribution in [1.82, 2.24) is 0 Å². The number of hydrogen-bond donors (Lipinski definition) is 1. The minimum absolute atomic E-state index is 0.134. The summed E-state index contributed by atoms with van der Waals surface area (Å²) in [5.41, 5.74) is 0.652. The third kappa shape index (κ3) is 4.70. The lowest BCUT2D eigenvalue weighted by Gasteiger charge is -2.12. The predicted octanol–water partition coefficient (Wildman–Crippen LogP) is 3.11. The van der Waals surface area contributed by atoms with E-state index in [0.29, 0.717) is 24.7 Å². The zero-order chi connectivity index (χ0) is 15.8. The van der Waals surface area contributed by atoms with E-state index in [9.17, 15) is 4.79 Å². The highest BCUT2D eigenvalue weighted by molar-refractivity contribution is 5.90. The van der Waals surface area contributed by atoms with Crippen LogP contribution in [0.2, 0.25) is 0 Å². The van der Waals surface area contributed by atoms with Gasteiger partial charge in [-0.15, -0.1) is 0 Å². The number of amides is 1. The number of para-hydroxylation sites is 2. The van der Waals surface area contributed by atoms with Crippen LogP contribution < -0.4 is 19.5 Å². The standard InChI is InChI=1S/C17H19NO4/c1-13(19)18-16-5-3-4-6-17(16)22-12-11-21-15-9-7-14(20-2)8-10-15/h3-10H,11-12H2,1-2H3,(H,18,19). The molecule has 2 aromatic carbocycles. The fraction of sp³-hybridized carbons (Fsp3) is 0.235. The molecule has 22 heavy (non-hydrogen) atoms. The van der Waals surface area contributed by atoms with Gasteiger partial charge in [0.15, 0.2) is 0 Å². The molecule has 0 saturated heterocycles. The highest BCUT2D eigenvalue weighted by Gasteiger charge is 2.04. The first kappa shape index (κ1) is 15.7. The summed E-state index contributed by atoms with van der Waals surface area (Å²) in [6.45, 7) is 2.24. The minimum Gasteiger partial charge on any atom is -0.497 e. The molecular weight excluding hydrogens is 282 g/mol. The number of methoxy groups -OCH3 is 1. The minimum atomic E-state index is -0.134. The third-order valence-electron chi connectivity index (χ3n) is 2.87. The summed E-state index contributed by atoms with van der Waals surface area (Å²) in [5.74, 6) is 2.02. The van der Waals surface area contributed by atoms with Crippen LogP contribution in [0.1, 0.15) is 6.92 Å². The van der Waals surface area contributed by atoms with E-state index in [0.717, 1.165) is 11.5 Å². The molecule has 5 nitrogen and oxygen atoms in total. The maximum Gasteiger partial charge on any atom is 0.221 e. The fourth-order valence-electron chi connectivity index (χ4n) is 1.87. The number of carbonyl (C=O) groups excluding carboxylic acids is 1. The van der Waals surface area contributed by atoms with E-state index in [1.807, 2.05) is 36.4 Å². The molecule has 0 heterocycles. The van der Waals surface area contributed by atoms with Gasteiger partial charge in [0.05, 0.1) is 12.8 Å². The van der Waals surface area contributed by atoms with Crippen LogP contribution in [0, 0.1) is 0 Å². The lowest BCUT2D eigenvalue weighted by atomic mass is 10.3. The number of hydrogen-bond acceptors (Lipinski definition) is 4. The summed E-state index contributed by atoms with van der Waals surface area (Å²) in [5, 5.41) is 2.73. The molecule has 0 aliphatic carbocycles. The Balaban J connectivity index is 1.82. The molecule has 0 atom stereocenters. The topological polar surface area (TPSA) is 56.8 Å². The molecule has 2 aromatic rings. The average Bonchev–Trinajstić information content (AvgIpc) is 2.53. The second-order valence-corrected chi connectivity index (χ2v) is 4.55. The van der Waals surface area contributed by atoms with Crippen LogP contribution in [0.25, 0.3) is 0 Å². The second-order valence-electron chi connectivity index (χ2n) is 4.55. The SMILES string of the molecule is COc1ccc(OCCOc2ccccc2NC(C)=O)cc1. The first-order chi connectivity index (χ1) is 10.7. The van der Waals surface area contributed by atoms with Gasteiger partial charge in [0, 0.05) is 6.92 Å². The molecule has 116 valence electrons. The van der Waals surface area contributed by atoms with Gasteiger partial charge in [0.1, 0.15) is 30.5 Å². The van der Waals surface area contributed by atoms with Crippen LogP contribution in [-0.4, -0.2) is 26.2 Å². The van der Waals surface area contributed by atoms with Gasteiger partial charge in [-0.3, -0.25) is 4.79 Å². The quantitative estimate of drug-likeness (QED) is 0.798. The summed E-state index contributed by atoms with van der Waals surface area (Å²) < 4.78 is 16.3. The van der Waals surface area contributed by atoms with E-state index in [4.69, 9.17) is 14.2 Å². The Kier molecular flexibility index (Phi) is 5.65. The summed E-state index contributed by atoms with van der Waals surface area (Å²) in [6, 6.07) is 14.6. The summed E-state index contributed by atoms with van der Waals surface area (Å²) in [6.07, 6.45) is 0. The molecule has 1 N–H and O–H groups in total. The largest absolute Gasteiger partial charge is 0.497 e. The van der Waals surface area contributed by atoms with E-state index in [2.05, 4.69) is 5.32 Å². The van der Waals surface area contributed by atoms with Crippen molar-refractivity contribution >= 4 is 11.6 Å². The Morgan fingerprint density at radius 3 is 2.27 bits per heavy atom. The van der Waals surface area contributed by atoms with Crippen molar-refractivity contribution in [3.63, 3.8) is 0 Å². The Morgan fingerprint density at radius 1 is 0.955 bits per heavy atom. The molecule has 0 radical (unpaired) electrons. The van der Waals surface area contributed by atoms with Crippen molar-refractivity contribution in [1.29, 1.82) is 0 Å². The molecular formula is C17H19NO4. The van der Waals surface area contributed by atoms with Gasteiger partial charge >= 0.3 is 0 Å². The van der Waals surface area contributed by atoms with E-state index in [1.165, 1.54) is 6.92 Å². The molecule has 2 rings (SSSR count). The summed E-state index contributed by atoms with van der Waals surface area (Å²) >= 11 is 0. The van der Waals surface area contributed by atoms with Crippen molar-refractivity contribution in [2.24, 2.45) is 0 Å². The normalized spacial score (nSPS) is 9.91. The molecule has 0 saturated carbocycles. The van der Waals surface area contributed by atoms with Crippen molar-refractivity contribution in [2.45, 2.75) is 6.92 Å². The maximum absolute atomic E-state index is 11.1. The van der Waals surface area contributed by atoms with Gasteiger partial charge in [-0.2, -0.15) is 0 Å². The average molecular weight is 301 g/mol. The van der Waals surface area contributed by atoms with Crippen LogP contribution in [0.3, 0.4) is 0 Å². The Hall–Kier alpha value is -2.69. The highest BCUT2D eigenvalue weighted by Crippen LogP contribution is 2.23. The van der Waals surface area contributed by atoms with E-state index in [-0.39, 0.29) is 5.91 Å². The lowest BCUT2D eigenvalue weighted by molar-refractivity contribution is -0.114. The number of ether oxygens (including phenoxy) is 3. The Bertz CT molecular complexity index is 610. The molecule has 1 amide bonds. The third-order valence-corrected chi connectivity index (χ3v) is 2.87. The highest BCUT2D eigenvalue weighted by atomic mass is 16.5. The van der Waals surface area contributed by atoms with Gasteiger partial charge in [-0.1, -0.05) is 12.1 Å². The number of carbonyl (C=O) groups is 1. The van der Waals surface area contributed by atoms with Gasteiger partial charge in [-0.25, -0.2) is 0 Å². The predicted molar refractivity (Wildman–Crippen MR) is 84.7 cm³/mol. The number of benzene rings is 2. The van der Waals surface area contributed by atoms with Crippen molar-refractivity contribution in [3.05, 3.63) is 48.5 Å². The van der Waals surface area contributed by atoms with Crippen LogP contribution in [-0.2, 0) is 4.79 Å². The smallest absolute Gasteiger partial charge is 0.221 e. The zero-order valence-corrected chi connectivity index (χ0v) is 12.7. The monoisotopic (exact) mass is 301 g/mol. The fourth-order valence-corrected chi connectivity index (χ4v) is 1.87. The molecule has 0 bridgehead atoms. The van der Waals surface area contributed by atoms with Crippen LogP contribution >= 0.6 is 0 Å². The van der Waals surface area contributed by atoms with E-state index >= 15 is 0 Å². The maximum atomic E-state index is 11.1. The molecule has 0 fully saturated rings. The number of rotatable bonds is 7. The Morgan fingerprint density at radius 2 is 1.59 bits per heavy atom. The van der Waals surface area contributed by atoms with Crippen molar-refractivity contribution in [2.75, 3.05) is 25.6 Å². The van der Waals surface area contributed by atoms with Gasteiger partial charge in [-0.05, 0) is 36.4 Å². The molecule has 0 aromatic heterocycles. The number of nitrogens with one attached hydrogen (secondary N) is 1. The molecule has 5 heteroatoms. The molecule has 0 aliphatic rings. The van der Waals surface area contributed by atoms with Crippen molar-refractivity contribution in [3.8, 4) is 17.2 Å². The van der Waals surface area contributed by atoms with E-state index < -0.39 is 0 Å². The number of anilines is 1. The summed E-state index contributed by atoms with van der Waals surface area (Å²) in [7, 11) is 1.62. The van der Waals surface area contributed by atoms with E-state index in [1.54, 1.807) is 19.2 Å².